The van der Waals surface area contributed by atoms with Gasteiger partial charge in [-0.25, -0.2) is 4.84 Å². The van der Waals surface area contributed by atoms with Crippen LogP contribution in [0, 0.1) is 5.41 Å². The molecule has 2 atom stereocenters. The summed E-state index contributed by atoms with van der Waals surface area (Å²) in [6.45, 7) is 1.97. The van der Waals surface area contributed by atoms with E-state index in [1.165, 1.54) is 35.1 Å². The van der Waals surface area contributed by atoms with Crippen molar-refractivity contribution in [3.05, 3.63) is 131 Å². The van der Waals surface area contributed by atoms with Gasteiger partial charge in [0.05, 0.1) is 31.1 Å². The Morgan fingerprint density at radius 3 is 2.20 bits per heavy atom. The lowest BCUT2D eigenvalue weighted by Crippen LogP contribution is -2.47. The molecule has 2 aliphatic rings. The molecule has 44 heavy (non-hydrogen) atoms. The second-order valence-corrected chi connectivity index (χ2v) is 12.3. The molecule has 2 N–H and O–H groups in total. The van der Waals surface area contributed by atoms with E-state index in [1.54, 1.807) is 0 Å². The number of amides is 1. The van der Waals surface area contributed by atoms with Crippen molar-refractivity contribution in [2.75, 3.05) is 19.7 Å². The van der Waals surface area contributed by atoms with Crippen molar-refractivity contribution in [2.24, 2.45) is 5.41 Å². The molecule has 6 rings (SSSR count). The van der Waals surface area contributed by atoms with Crippen LogP contribution < -0.4 is 0 Å². The number of benzene rings is 4. The number of hydrogen-bond donors (Lipinski definition) is 2. The lowest BCUT2D eigenvalue weighted by atomic mass is 9.85. The number of rotatable bonds is 12. The number of likely N-dealkylation sites (tertiary alicyclic amines) is 1. The lowest BCUT2D eigenvalue weighted by Gasteiger charge is -2.39. The zero-order valence-corrected chi connectivity index (χ0v) is 24.9. The molecule has 1 saturated carbocycles. The Kier molecular flexibility index (Phi) is 9.50. The van der Waals surface area contributed by atoms with E-state index in [0.717, 1.165) is 24.0 Å². The summed E-state index contributed by atoms with van der Waals surface area (Å²) in [4.78, 5) is 20.2. The zero-order valence-electron chi connectivity index (χ0n) is 24.9. The van der Waals surface area contributed by atoms with Gasteiger partial charge in [-0.05, 0) is 64.5 Å². The normalized spacial score (nSPS) is 19.2. The maximum absolute atomic E-state index is 13.5. The number of hydrogen-bond acceptors (Lipinski definition) is 6. The number of carbonyl (C=O) groups excluding carboxylic acids is 1. The molecular weight excluding hydrogens is 552 g/mol. The quantitative estimate of drug-likeness (QED) is 0.176. The molecule has 7 heteroatoms. The van der Waals surface area contributed by atoms with E-state index in [2.05, 4.69) is 83.7 Å². The first-order valence-electron chi connectivity index (χ1n) is 15.4. The van der Waals surface area contributed by atoms with Gasteiger partial charge in [-0.15, -0.1) is 0 Å². The van der Waals surface area contributed by atoms with E-state index in [0.29, 0.717) is 26.1 Å². The van der Waals surface area contributed by atoms with Crippen molar-refractivity contribution in [1.82, 2.24) is 10.3 Å². The highest BCUT2D eigenvalue weighted by Gasteiger charge is 2.44. The van der Waals surface area contributed by atoms with Gasteiger partial charge in [-0.3, -0.25) is 15.2 Å². The molecule has 2 fully saturated rings. The first-order chi connectivity index (χ1) is 21.5. The number of carbonyl (C=O) groups is 1. The van der Waals surface area contributed by atoms with Crippen molar-refractivity contribution in [3.63, 3.8) is 0 Å². The van der Waals surface area contributed by atoms with Crippen LogP contribution in [-0.4, -0.2) is 52.4 Å². The average molecular weight is 593 g/mol. The summed E-state index contributed by atoms with van der Waals surface area (Å²) in [5, 5.41) is 17.2. The SMILES string of the molecule is O=C(Cc1ccc(CON(O)O)cc1)N1CC[C@H](c2cccc(-c3ccccc3)c2)C(OCC2(Cc3ccccc3)CC2)C1. The van der Waals surface area contributed by atoms with Crippen LogP contribution in [0.4, 0.5) is 0 Å². The minimum atomic E-state index is -0.301. The van der Waals surface area contributed by atoms with Crippen molar-refractivity contribution in [2.45, 2.75) is 50.7 Å². The second kappa shape index (κ2) is 13.8. The Labute approximate surface area is 259 Å². The summed E-state index contributed by atoms with van der Waals surface area (Å²) in [6, 6.07) is 37.3. The molecular formula is C37H40N2O5. The van der Waals surface area contributed by atoms with Gasteiger partial charge in [0.1, 0.15) is 0 Å². The van der Waals surface area contributed by atoms with E-state index in [1.807, 2.05) is 35.2 Å². The predicted octanol–water partition coefficient (Wildman–Crippen LogP) is 6.83. The van der Waals surface area contributed by atoms with Gasteiger partial charge in [-0.2, -0.15) is 0 Å². The first kappa shape index (κ1) is 30.2. The van der Waals surface area contributed by atoms with Crippen LogP contribution in [0.5, 0.6) is 0 Å². The monoisotopic (exact) mass is 592 g/mol. The van der Waals surface area contributed by atoms with Crippen molar-refractivity contribution >= 4 is 5.91 Å². The van der Waals surface area contributed by atoms with Crippen LogP contribution in [0.25, 0.3) is 11.1 Å². The molecule has 1 heterocycles. The van der Waals surface area contributed by atoms with E-state index in [4.69, 9.17) is 15.2 Å². The van der Waals surface area contributed by atoms with E-state index in [-0.39, 0.29) is 35.3 Å². The van der Waals surface area contributed by atoms with Gasteiger partial charge in [-0.1, -0.05) is 109 Å². The molecule has 1 aliphatic heterocycles. The molecule has 1 unspecified atom stereocenters. The maximum Gasteiger partial charge on any atom is 0.227 e. The highest BCUT2D eigenvalue weighted by atomic mass is 17.1. The van der Waals surface area contributed by atoms with Gasteiger partial charge in [0.2, 0.25) is 5.91 Å². The fraction of sp³-hybridized carbons (Fsp3) is 0.324. The third-order valence-electron chi connectivity index (χ3n) is 9.04. The van der Waals surface area contributed by atoms with E-state index < -0.39 is 0 Å². The summed E-state index contributed by atoms with van der Waals surface area (Å²) in [7, 11) is 0. The Morgan fingerprint density at radius 2 is 1.50 bits per heavy atom. The second-order valence-electron chi connectivity index (χ2n) is 12.3. The Morgan fingerprint density at radius 1 is 0.818 bits per heavy atom. The summed E-state index contributed by atoms with van der Waals surface area (Å²) in [5.74, 6) is 0.286. The summed E-state index contributed by atoms with van der Waals surface area (Å²) in [6.07, 6.45) is 4.41. The average Bonchev–Trinajstić information content (AvgIpc) is 3.83. The smallest absolute Gasteiger partial charge is 0.227 e. The van der Waals surface area contributed by atoms with Gasteiger partial charge >= 0.3 is 0 Å². The van der Waals surface area contributed by atoms with E-state index >= 15 is 0 Å². The molecule has 4 aromatic rings. The van der Waals surface area contributed by atoms with Crippen molar-refractivity contribution < 1.29 is 24.8 Å². The minimum absolute atomic E-state index is 0.0188. The van der Waals surface area contributed by atoms with Crippen LogP contribution in [0.15, 0.2) is 109 Å². The molecule has 4 aromatic carbocycles. The highest BCUT2D eigenvalue weighted by Crippen LogP contribution is 2.49. The van der Waals surface area contributed by atoms with E-state index in [9.17, 15) is 4.79 Å². The summed E-state index contributed by atoms with van der Waals surface area (Å²) in [5.41, 5.74) is 6.86. The molecule has 1 aliphatic carbocycles. The number of piperidine rings is 1. The zero-order chi connectivity index (χ0) is 30.4. The van der Waals surface area contributed by atoms with Crippen LogP contribution in [-0.2, 0) is 33.8 Å². The van der Waals surface area contributed by atoms with Crippen molar-refractivity contribution in [3.8, 4) is 11.1 Å². The molecule has 1 saturated heterocycles. The van der Waals surface area contributed by atoms with Gasteiger partial charge in [0, 0.05) is 19.0 Å². The number of ether oxygens (including phenoxy) is 1. The summed E-state index contributed by atoms with van der Waals surface area (Å²) >= 11 is 0. The predicted molar refractivity (Wildman–Crippen MR) is 168 cm³/mol. The van der Waals surface area contributed by atoms with Crippen LogP contribution in [0.1, 0.15) is 47.4 Å². The topological polar surface area (TPSA) is 82.5 Å². The highest BCUT2D eigenvalue weighted by molar-refractivity contribution is 5.79. The molecule has 1 amide bonds. The molecule has 0 bridgehead atoms. The maximum atomic E-state index is 13.5. The largest absolute Gasteiger partial charge is 0.375 e. The third-order valence-corrected chi connectivity index (χ3v) is 9.04. The van der Waals surface area contributed by atoms with Gasteiger partial charge in [0.15, 0.2) is 0 Å². The Hall–Kier alpha value is -3.85. The fourth-order valence-electron chi connectivity index (χ4n) is 6.31. The molecule has 0 radical (unpaired) electrons. The Balaban J connectivity index is 1.16. The minimum Gasteiger partial charge on any atom is -0.375 e. The van der Waals surface area contributed by atoms with Crippen LogP contribution in [0.3, 0.4) is 0 Å². The first-order valence-corrected chi connectivity index (χ1v) is 15.4. The lowest BCUT2D eigenvalue weighted by molar-refractivity contribution is -0.497. The molecule has 0 spiro atoms. The molecule has 228 valence electrons. The Bertz CT molecular complexity index is 1510. The fourth-order valence-corrected chi connectivity index (χ4v) is 6.31. The standard InChI is InChI=1S/C37H40N2O5/c40-36(22-28-14-16-30(17-15-28)26-44-39(41)42)38-21-18-34(33-13-7-12-32(23-33)31-10-5-2-6-11-31)35(25-38)43-27-37(19-20-37)24-29-8-3-1-4-9-29/h1-17,23,34-35,41-42H,18-22,24-27H2/t34-,35?/m1/s1. The van der Waals surface area contributed by atoms with Crippen LogP contribution in [0.2, 0.25) is 0 Å². The van der Waals surface area contributed by atoms with Gasteiger partial charge in [0.25, 0.3) is 0 Å². The molecule has 7 nitrogen and oxygen atoms in total. The van der Waals surface area contributed by atoms with Crippen molar-refractivity contribution in [1.29, 1.82) is 0 Å². The molecule has 0 aromatic heterocycles. The number of nitrogens with zero attached hydrogens (tertiary/aromatic N) is 2. The van der Waals surface area contributed by atoms with Gasteiger partial charge < -0.3 is 9.64 Å². The summed E-state index contributed by atoms with van der Waals surface area (Å²) < 4.78 is 6.84. The van der Waals surface area contributed by atoms with Crippen LogP contribution >= 0.6 is 0 Å². The third kappa shape index (κ3) is 7.80.